The molecule has 0 spiro atoms. The third-order valence-corrected chi connectivity index (χ3v) is 2.35. The molecule has 5 nitrogen and oxygen atoms in total. The Hall–Kier alpha value is -0.880. The van der Waals surface area contributed by atoms with Crippen molar-refractivity contribution in [2.45, 2.75) is 6.92 Å². The Morgan fingerprint density at radius 1 is 1.58 bits per heavy atom. The highest BCUT2D eigenvalue weighted by molar-refractivity contribution is 7.90. The molecule has 0 amide bonds. The minimum atomic E-state index is -3.32. The van der Waals surface area contributed by atoms with Gasteiger partial charge in [0.2, 0.25) is 0 Å². The molecule has 12 heavy (non-hydrogen) atoms. The first-order valence-corrected chi connectivity index (χ1v) is 5.05. The van der Waals surface area contributed by atoms with Gasteiger partial charge in [0, 0.05) is 18.3 Å². The summed E-state index contributed by atoms with van der Waals surface area (Å²) in [5, 5.41) is 0. The summed E-state index contributed by atoms with van der Waals surface area (Å²) in [5.74, 6) is -0.0219. The van der Waals surface area contributed by atoms with E-state index in [2.05, 4.69) is 4.40 Å². The van der Waals surface area contributed by atoms with E-state index in [0.29, 0.717) is 5.57 Å². The molecule has 0 aromatic heterocycles. The summed E-state index contributed by atoms with van der Waals surface area (Å²) in [5.41, 5.74) is 10.8. The molecule has 0 heterocycles. The molecule has 0 atom stereocenters. The lowest BCUT2D eigenvalue weighted by Crippen LogP contribution is -2.08. The smallest absolute Gasteiger partial charge is 0.252 e. The number of sulfonamides is 1. The van der Waals surface area contributed by atoms with Gasteiger partial charge < -0.3 is 11.5 Å². The van der Waals surface area contributed by atoms with Crippen LogP contribution in [0.2, 0.25) is 0 Å². The second-order valence-corrected chi connectivity index (χ2v) is 4.00. The first-order chi connectivity index (χ1) is 5.55. The van der Waals surface area contributed by atoms with Gasteiger partial charge in [-0.15, -0.1) is 0 Å². The van der Waals surface area contributed by atoms with E-state index in [1.807, 2.05) is 0 Å². The Labute approximate surface area is 72.2 Å². The van der Waals surface area contributed by atoms with Gasteiger partial charge in [0.25, 0.3) is 10.0 Å². The van der Waals surface area contributed by atoms with E-state index in [4.69, 9.17) is 11.5 Å². The third-order valence-electron chi connectivity index (χ3n) is 1.19. The van der Waals surface area contributed by atoms with Crippen molar-refractivity contribution < 1.29 is 8.42 Å². The fourth-order valence-electron chi connectivity index (χ4n) is 0.386. The van der Waals surface area contributed by atoms with Crippen LogP contribution in [0.25, 0.3) is 0 Å². The van der Waals surface area contributed by atoms with E-state index in [-0.39, 0.29) is 12.3 Å². The molecule has 0 bridgehead atoms. The summed E-state index contributed by atoms with van der Waals surface area (Å²) in [7, 11) is -3.32. The molecule has 0 saturated carbocycles. The van der Waals surface area contributed by atoms with Crippen molar-refractivity contribution in [3.05, 3.63) is 11.8 Å². The lowest BCUT2D eigenvalue weighted by molar-refractivity contribution is 0.599. The highest BCUT2D eigenvalue weighted by Crippen LogP contribution is 1.92. The summed E-state index contributed by atoms with van der Waals surface area (Å²) in [6.07, 6.45) is 2.40. The van der Waals surface area contributed by atoms with Gasteiger partial charge in [-0.3, -0.25) is 0 Å². The number of nitrogens with two attached hydrogens (primary N) is 2. The van der Waals surface area contributed by atoms with Crippen LogP contribution in [0.3, 0.4) is 0 Å². The molecule has 0 unspecified atom stereocenters. The normalized spacial score (nSPS) is 14.0. The molecular weight excluding hydrogens is 178 g/mol. The van der Waals surface area contributed by atoms with Crippen LogP contribution in [-0.2, 0) is 10.0 Å². The van der Waals surface area contributed by atoms with Crippen molar-refractivity contribution in [3.8, 4) is 0 Å². The van der Waals surface area contributed by atoms with Crippen molar-refractivity contribution in [1.29, 1.82) is 0 Å². The topological polar surface area (TPSA) is 98.5 Å². The molecule has 70 valence electrons. The van der Waals surface area contributed by atoms with Crippen molar-refractivity contribution in [3.63, 3.8) is 0 Å². The minimum Gasteiger partial charge on any atom is -0.404 e. The van der Waals surface area contributed by atoms with Crippen LogP contribution in [-0.4, -0.2) is 26.9 Å². The van der Waals surface area contributed by atoms with Crippen LogP contribution >= 0.6 is 0 Å². The van der Waals surface area contributed by atoms with Gasteiger partial charge in [0.05, 0.1) is 5.75 Å². The maximum absolute atomic E-state index is 10.8. The summed E-state index contributed by atoms with van der Waals surface area (Å²) >= 11 is 0. The average Bonchev–Trinajstić information content (AvgIpc) is 2.06. The largest absolute Gasteiger partial charge is 0.404 e. The molecule has 4 N–H and O–H groups in total. The fourth-order valence-corrected chi connectivity index (χ4v) is 0.831. The Morgan fingerprint density at radius 3 is 2.50 bits per heavy atom. The molecule has 0 radical (unpaired) electrons. The Bertz CT molecular complexity index is 279. The van der Waals surface area contributed by atoms with Crippen molar-refractivity contribution in [2.75, 3.05) is 12.3 Å². The minimum absolute atomic E-state index is 0.0219. The molecule has 0 aromatic carbocycles. The molecule has 0 aliphatic carbocycles. The second-order valence-electron chi connectivity index (χ2n) is 2.05. The van der Waals surface area contributed by atoms with E-state index < -0.39 is 10.0 Å². The highest BCUT2D eigenvalue weighted by atomic mass is 32.2. The Morgan fingerprint density at radius 2 is 2.17 bits per heavy atom. The molecular formula is C6H13N3O2S. The summed E-state index contributed by atoms with van der Waals surface area (Å²) < 4.78 is 25.0. The van der Waals surface area contributed by atoms with Gasteiger partial charge in [-0.05, 0) is 13.1 Å². The zero-order valence-electron chi connectivity index (χ0n) is 6.90. The van der Waals surface area contributed by atoms with Gasteiger partial charge in [-0.2, -0.15) is 4.40 Å². The molecule has 0 fully saturated rings. The van der Waals surface area contributed by atoms with Crippen molar-refractivity contribution in [1.82, 2.24) is 0 Å². The lowest BCUT2D eigenvalue weighted by Gasteiger charge is -1.93. The zero-order valence-corrected chi connectivity index (χ0v) is 7.71. The van der Waals surface area contributed by atoms with Crippen molar-refractivity contribution >= 4 is 16.2 Å². The van der Waals surface area contributed by atoms with Crippen LogP contribution in [0.15, 0.2) is 16.2 Å². The fraction of sp³-hybridized carbons (Fsp3) is 0.500. The van der Waals surface area contributed by atoms with E-state index in [9.17, 15) is 8.42 Å². The van der Waals surface area contributed by atoms with Crippen LogP contribution in [0.5, 0.6) is 0 Å². The van der Waals surface area contributed by atoms with Gasteiger partial charge in [-0.1, -0.05) is 0 Å². The van der Waals surface area contributed by atoms with Gasteiger partial charge in [-0.25, -0.2) is 8.42 Å². The quantitative estimate of drug-likeness (QED) is 0.569. The molecule has 6 heteroatoms. The van der Waals surface area contributed by atoms with Crippen LogP contribution in [0.1, 0.15) is 6.92 Å². The predicted octanol–water partition coefficient (Wildman–Crippen LogP) is -0.792. The molecule has 0 saturated heterocycles. The monoisotopic (exact) mass is 191 g/mol. The number of hydrogen-bond donors (Lipinski definition) is 2. The molecule has 0 rings (SSSR count). The zero-order chi connectivity index (χ0) is 9.61. The highest BCUT2D eigenvalue weighted by Gasteiger charge is 2.00. The average molecular weight is 191 g/mol. The lowest BCUT2D eigenvalue weighted by atomic mass is 10.3. The molecule has 0 aliphatic heterocycles. The van der Waals surface area contributed by atoms with Crippen LogP contribution in [0.4, 0.5) is 0 Å². The van der Waals surface area contributed by atoms with Gasteiger partial charge in [0.1, 0.15) is 0 Å². The SMILES string of the molecule is CCS(=O)(=O)N=CC(=CN)CN. The number of hydrogen-bond acceptors (Lipinski definition) is 4. The Kier molecular flexibility index (Phi) is 4.53. The first kappa shape index (κ1) is 11.1. The van der Waals surface area contributed by atoms with E-state index >= 15 is 0 Å². The second kappa shape index (κ2) is 4.89. The third kappa shape index (κ3) is 4.09. The standard InChI is InChI=1S/C6H13N3O2S/c1-2-12(10,11)9-5-6(3-7)4-8/h3,5H,2,4,7-8H2,1H3. The summed E-state index contributed by atoms with van der Waals surface area (Å²) in [6.45, 7) is 1.69. The van der Waals surface area contributed by atoms with E-state index in [0.717, 1.165) is 0 Å². The molecule has 0 aliphatic rings. The number of nitrogens with zero attached hydrogens (tertiary/aromatic N) is 1. The van der Waals surface area contributed by atoms with Crippen molar-refractivity contribution in [2.24, 2.45) is 15.9 Å². The summed E-state index contributed by atoms with van der Waals surface area (Å²) in [6, 6.07) is 0. The van der Waals surface area contributed by atoms with Crippen LogP contribution in [0, 0.1) is 0 Å². The predicted molar refractivity (Wildman–Crippen MR) is 49.3 cm³/mol. The maximum atomic E-state index is 10.8. The van der Waals surface area contributed by atoms with E-state index in [1.54, 1.807) is 0 Å². The Balaban J connectivity index is 4.45. The van der Waals surface area contributed by atoms with Gasteiger partial charge in [0.15, 0.2) is 0 Å². The number of rotatable bonds is 4. The van der Waals surface area contributed by atoms with Gasteiger partial charge >= 0.3 is 0 Å². The molecule has 0 aromatic rings. The van der Waals surface area contributed by atoms with E-state index in [1.165, 1.54) is 19.3 Å². The van der Waals surface area contributed by atoms with Crippen LogP contribution < -0.4 is 11.5 Å². The summed E-state index contributed by atoms with van der Waals surface area (Å²) in [4.78, 5) is 0. The maximum Gasteiger partial charge on any atom is 0.252 e. The first-order valence-electron chi connectivity index (χ1n) is 3.44.